The van der Waals surface area contributed by atoms with E-state index in [4.69, 9.17) is 9.47 Å². The van der Waals surface area contributed by atoms with Crippen LogP contribution in [0.15, 0.2) is 30.3 Å². The number of ether oxygens (including phenoxy) is 2. The lowest BCUT2D eigenvalue weighted by atomic mass is 9.83. The topological polar surface area (TPSA) is 55.8 Å². The van der Waals surface area contributed by atoms with Crippen LogP contribution in [-0.2, 0) is 17.8 Å². The van der Waals surface area contributed by atoms with Gasteiger partial charge in [-0.05, 0) is 87.5 Å². The van der Waals surface area contributed by atoms with Gasteiger partial charge in [-0.3, -0.25) is 0 Å². The van der Waals surface area contributed by atoms with Gasteiger partial charge in [0.15, 0.2) is 0 Å². The van der Waals surface area contributed by atoms with E-state index >= 15 is 0 Å². The molecule has 3 atom stereocenters. The molecule has 2 aromatic rings. The summed E-state index contributed by atoms with van der Waals surface area (Å²) in [5, 5.41) is 11.0. The fraction of sp³-hybridized carbons (Fsp3) is 0.639. The molecule has 2 aromatic carbocycles. The maximum Gasteiger partial charge on any atom is 0.338 e. The quantitative estimate of drug-likeness (QED) is 0.224. The van der Waals surface area contributed by atoms with Gasteiger partial charge in [-0.2, -0.15) is 0 Å². The van der Waals surface area contributed by atoms with Crippen molar-refractivity contribution in [2.75, 3.05) is 0 Å². The zero-order chi connectivity index (χ0) is 29.3. The largest absolute Gasteiger partial charge is 0.507 e. The first kappa shape index (κ1) is 32.0. The first-order valence-electron chi connectivity index (χ1n) is 15.8. The van der Waals surface area contributed by atoms with Crippen LogP contribution < -0.4 is 4.74 Å². The number of fused-ring (bicyclic) bond motifs is 1. The van der Waals surface area contributed by atoms with Gasteiger partial charge in [0.1, 0.15) is 23.7 Å². The Labute approximate surface area is 243 Å². The van der Waals surface area contributed by atoms with E-state index in [-0.39, 0.29) is 23.9 Å². The third-order valence-electron chi connectivity index (χ3n) is 9.07. The molecule has 4 heteroatoms. The molecule has 0 aromatic heterocycles. The molecule has 0 fully saturated rings. The number of benzene rings is 2. The first-order valence-corrected chi connectivity index (χ1v) is 15.8. The van der Waals surface area contributed by atoms with Gasteiger partial charge in [0.05, 0.1) is 5.56 Å². The van der Waals surface area contributed by atoms with Crippen molar-refractivity contribution in [2.45, 2.75) is 131 Å². The van der Waals surface area contributed by atoms with Gasteiger partial charge >= 0.3 is 5.97 Å². The molecule has 1 heterocycles. The van der Waals surface area contributed by atoms with Crippen molar-refractivity contribution in [3.63, 3.8) is 0 Å². The average Bonchev–Trinajstić information content (AvgIpc) is 2.92. The SMILES string of the molecule is Cc1c(C)c2c(c(COC(=O)c3ccccc3)c1O)CC[C@@](C)(CCC[C@H](C)CCC[C@H](C)CCCC(C)C)O2. The zero-order valence-electron chi connectivity index (χ0n) is 26.3. The van der Waals surface area contributed by atoms with Crippen LogP contribution >= 0.6 is 0 Å². The minimum atomic E-state index is -0.386. The molecular formula is C36H54O4. The number of phenolic OH excluding ortho intramolecular Hbond substituents is 1. The summed E-state index contributed by atoms with van der Waals surface area (Å²) in [5.41, 5.74) is 3.72. The predicted octanol–water partition coefficient (Wildman–Crippen LogP) is 9.89. The highest BCUT2D eigenvalue weighted by Crippen LogP contribution is 2.45. The van der Waals surface area contributed by atoms with Crippen molar-refractivity contribution in [3.05, 3.63) is 58.1 Å². The lowest BCUT2D eigenvalue weighted by Crippen LogP contribution is -2.37. The van der Waals surface area contributed by atoms with E-state index in [1.54, 1.807) is 12.1 Å². The Morgan fingerprint density at radius 2 is 1.52 bits per heavy atom. The van der Waals surface area contributed by atoms with Crippen molar-refractivity contribution in [3.8, 4) is 11.5 Å². The Morgan fingerprint density at radius 3 is 2.15 bits per heavy atom. The Hall–Kier alpha value is -2.49. The van der Waals surface area contributed by atoms with Crippen LogP contribution in [0, 0.1) is 31.6 Å². The molecule has 0 saturated heterocycles. The highest BCUT2D eigenvalue weighted by molar-refractivity contribution is 5.89. The Balaban J connectivity index is 1.52. The lowest BCUT2D eigenvalue weighted by molar-refractivity contribution is 0.0432. The van der Waals surface area contributed by atoms with Gasteiger partial charge in [0, 0.05) is 11.1 Å². The molecule has 0 aliphatic carbocycles. The van der Waals surface area contributed by atoms with Crippen molar-refractivity contribution >= 4 is 5.97 Å². The molecule has 40 heavy (non-hydrogen) atoms. The van der Waals surface area contributed by atoms with Crippen LogP contribution in [0.2, 0.25) is 0 Å². The van der Waals surface area contributed by atoms with Crippen molar-refractivity contribution in [1.82, 2.24) is 0 Å². The average molecular weight is 551 g/mol. The van der Waals surface area contributed by atoms with Gasteiger partial charge in [-0.25, -0.2) is 4.79 Å². The molecular weight excluding hydrogens is 496 g/mol. The predicted molar refractivity (Wildman–Crippen MR) is 165 cm³/mol. The fourth-order valence-electron chi connectivity index (χ4n) is 6.10. The van der Waals surface area contributed by atoms with E-state index in [1.807, 2.05) is 32.0 Å². The summed E-state index contributed by atoms with van der Waals surface area (Å²) >= 11 is 0. The highest BCUT2D eigenvalue weighted by atomic mass is 16.5. The van der Waals surface area contributed by atoms with Gasteiger partial charge in [0.2, 0.25) is 0 Å². The van der Waals surface area contributed by atoms with Crippen LogP contribution in [0.4, 0.5) is 0 Å². The summed E-state index contributed by atoms with van der Waals surface area (Å²) in [5.74, 6) is 3.11. The zero-order valence-corrected chi connectivity index (χ0v) is 26.3. The normalized spacial score (nSPS) is 18.2. The molecule has 1 N–H and O–H groups in total. The first-order chi connectivity index (χ1) is 19.0. The second-order valence-corrected chi connectivity index (χ2v) is 13.2. The number of hydrogen-bond acceptors (Lipinski definition) is 4. The molecule has 1 aliphatic rings. The van der Waals surface area contributed by atoms with Crippen molar-refractivity contribution in [1.29, 1.82) is 0 Å². The molecule has 4 nitrogen and oxygen atoms in total. The minimum absolute atomic E-state index is 0.0386. The summed E-state index contributed by atoms with van der Waals surface area (Å²) in [6.45, 7) is 15.7. The maximum atomic E-state index is 12.6. The van der Waals surface area contributed by atoms with Gasteiger partial charge < -0.3 is 14.6 Å². The monoisotopic (exact) mass is 550 g/mol. The van der Waals surface area contributed by atoms with Crippen molar-refractivity contribution in [2.24, 2.45) is 17.8 Å². The Kier molecular flexibility index (Phi) is 12.0. The van der Waals surface area contributed by atoms with Crippen LogP contribution in [0.1, 0.15) is 131 Å². The number of hydrogen-bond donors (Lipinski definition) is 1. The molecule has 222 valence electrons. The Morgan fingerprint density at radius 1 is 0.925 bits per heavy atom. The number of aromatic hydroxyl groups is 1. The van der Waals surface area contributed by atoms with Crippen LogP contribution in [0.5, 0.6) is 11.5 Å². The summed E-state index contributed by atoms with van der Waals surface area (Å²) in [4.78, 5) is 12.6. The molecule has 0 radical (unpaired) electrons. The standard InChI is InChI=1S/C36H54O4/c1-25(2)14-11-15-26(3)16-12-17-27(4)18-13-22-36(7)23-21-31-32(33(37)28(5)29(6)34(31)40-36)24-39-35(38)30-19-9-8-10-20-30/h8-10,19-20,25-27,37H,11-18,21-24H2,1-7H3/t26-,27-,36-/m1/s1. The third kappa shape index (κ3) is 9.01. The van der Waals surface area contributed by atoms with Gasteiger partial charge in [-0.1, -0.05) is 90.8 Å². The number of carbonyl (C=O) groups is 1. The smallest absolute Gasteiger partial charge is 0.338 e. The molecule has 1 aliphatic heterocycles. The molecule has 0 bridgehead atoms. The van der Waals surface area contributed by atoms with E-state index in [2.05, 4.69) is 34.6 Å². The van der Waals surface area contributed by atoms with Gasteiger partial charge in [0.25, 0.3) is 0 Å². The highest BCUT2D eigenvalue weighted by Gasteiger charge is 2.35. The lowest BCUT2D eigenvalue weighted by Gasteiger charge is -2.38. The molecule has 0 unspecified atom stereocenters. The van der Waals surface area contributed by atoms with Crippen LogP contribution in [0.25, 0.3) is 0 Å². The number of phenols is 1. The molecule has 0 amide bonds. The Bertz CT molecular complexity index is 1090. The molecule has 0 saturated carbocycles. The van der Waals surface area contributed by atoms with E-state index in [1.165, 1.54) is 44.9 Å². The van der Waals surface area contributed by atoms with Crippen LogP contribution in [-0.4, -0.2) is 16.7 Å². The second-order valence-electron chi connectivity index (χ2n) is 13.2. The third-order valence-corrected chi connectivity index (χ3v) is 9.07. The number of carbonyl (C=O) groups excluding carboxylic acids is 1. The fourth-order valence-corrected chi connectivity index (χ4v) is 6.10. The minimum Gasteiger partial charge on any atom is -0.507 e. The van der Waals surface area contributed by atoms with E-state index < -0.39 is 0 Å². The van der Waals surface area contributed by atoms with E-state index in [0.717, 1.165) is 65.9 Å². The molecule has 0 spiro atoms. The second kappa shape index (κ2) is 14.9. The molecule has 3 rings (SSSR count). The van der Waals surface area contributed by atoms with Gasteiger partial charge in [-0.15, -0.1) is 0 Å². The summed E-state index contributed by atoms with van der Waals surface area (Å²) in [7, 11) is 0. The summed E-state index contributed by atoms with van der Waals surface area (Å²) < 4.78 is 12.3. The van der Waals surface area contributed by atoms with Crippen molar-refractivity contribution < 1.29 is 19.4 Å². The van der Waals surface area contributed by atoms with E-state index in [9.17, 15) is 9.90 Å². The summed E-state index contributed by atoms with van der Waals surface area (Å²) in [6, 6.07) is 8.98. The summed E-state index contributed by atoms with van der Waals surface area (Å²) in [6.07, 6.45) is 13.2. The van der Waals surface area contributed by atoms with Crippen LogP contribution in [0.3, 0.4) is 0 Å². The number of esters is 1. The maximum absolute atomic E-state index is 12.6. The number of rotatable bonds is 15. The van der Waals surface area contributed by atoms with E-state index in [0.29, 0.717) is 11.1 Å².